The van der Waals surface area contributed by atoms with E-state index < -0.39 is 5.97 Å². The summed E-state index contributed by atoms with van der Waals surface area (Å²) in [6.07, 6.45) is 2.43. The molecule has 2 heterocycles. The van der Waals surface area contributed by atoms with Crippen molar-refractivity contribution >= 4 is 34.3 Å². The third kappa shape index (κ3) is 3.26. The van der Waals surface area contributed by atoms with Crippen molar-refractivity contribution in [2.45, 2.75) is 18.6 Å². The Hall–Kier alpha value is -1.01. The smallest absolute Gasteiger partial charge is 0.373 e. The van der Waals surface area contributed by atoms with Crippen LogP contribution < -0.4 is 0 Å². The minimum atomic E-state index is -0.451. The van der Waals surface area contributed by atoms with Crippen molar-refractivity contribution in [2.24, 2.45) is 0 Å². The van der Waals surface area contributed by atoms with Crippen LogP contribution in [0, 0.1) is 0 Å². The largest absolute Gasteiger partial charge is 0.463 e. The highest BCUT2D eigenvalue weighted by molar-refractivity contribution is 8.22. The van der Waals surface area contributed by atoms with Gasteiger partial charge in [0.25, 0.3) is 0 Å². The first-order valence-corrected chi connectivity index (χ1v) is 7.19. The Labute approximate surface area is 116 Å². The normalized spacial score (nSPS) is 14.8. The molecule has 1 aliphatic heterocycles. The molecule has 1 aromatic rings. The Morgan fingerprint density at radius 3 is 2.89 bits per heavy atom. The average Bonchev–Trinajstić information content (AvgIpc) is 3.05. The number of thioether (sulfide) groups is 1. The number of methoxy groups -OCH3 is 1. The number of furan rings is 1. The zero-order valence-electron chi connectivity index (χ0n) is 10.2. The topological polar surface area (TPSA) is 42.7 Å². The highest BCUT2D eigenvalue weighted by atomic mass is 32.2. The van der Waals surface area contributed by atoms with Gasteiger partial charge in [-0.3, -0.25) is 0 Å². The third-order valence-electron chi connectivity index (χ3n) is 2.75. The first-order valence-electron chi connectivity index (χ1n) is 5.79. The minimum Gasteiger partial charge on any atom is -0.463 e. The van der Waals surface area contributed by atoms with Crippen molar-refractivity contribution in [3.63, 3.8) is 0 Å². The molecule has 1 saturated heterocycles. The van der Waals surface area contributed by atoms with Gasteiger partial charge in [-0.05, 0) is 25.0 Å². The number of esters is 1. The van der Waals surface area contributed by atoms with Crippen molar-refractivity contribution in [3.05, 3.63) is 23.7 Å². The van der Waals surface area contributed by atoms with Gasteiger partial charge in [-0.15, -0.1) is 0 Å². The van der Waals surface area contributed by atoms with Gasteiger partial charge in [0.1, 0.15) is 10.1 Å². The van der Waals surface area contributed by atoms with Gasteiger partial charge >= 0.3 is 5.97 Å². The molecule has 0 aliphatic carbocycles. The zero-order valence-corrected chi connectivity index (χ0v) is 11.8. The summed E-state index contributed by atoms with van der Waals surface area (Å²) in [6, 6.07) is 3.41. The summed E-state index contributed by atoms with van der Waals surface area (Å²) in [6.45, 7) is 2.11. The maximum Gasteiger partial charge on any atom is 0.373 e. The molecule has 0 unspecified atom stereocenters. The zero-order chi connectivity index (χ0) is 13.0. The Bertz CT molecular complexity index is 438. The number of likely N-dealkylation sites (tertiary alicyclic amines) is 1. The van der Waals surface area contributed by atoms with E-state index in [2.05, 4.69) is 9.64 Å². The van der Waals surface area contributed by atoms with E-state index in [1.54, 1.807) is 23.9 Å². The van der Waals surface area contributed by atoms with Gasteiger partial charge < -0.3 is 14.1 Å². The van der Waals surface area contributed by atoms with E-state index in [9.17, 15) is 4.79 Å². The highest BCUT2D eigenvalue weighted by Gasteiger charge is 2.16. The van der Waals surface area contributed by atoms with Crippen molar-refractivity contribution in [1.29, 1.82) is 0 Å². The molecule has 1 aliphatic rings. The molecule has 0 saturated carbocycles. The van der Waals surface area contributed by atoms with E-state index in [1.165, 1.54) is 20.0 Å². The molecule has 6 heteroatoms. The molecule has 0 radical (unpaired) electrons. The Balaban J connectivity index is 1.84. The van der Waals surface area contributed by atoms with Crippen LogP contribution in [0.2, 0.25) is 0 Å². The maximum atomic E-state index is 11.2. The average molecular weight is 285 g/mol. The molecule has 4 nitrogen and oxygen atoms in total. The van der Waals surface area contributed by atoms with Crippen molar-refractivity contribution in [1.82, 2.24) is 4.90 Å². The van der Waals surface area contributed by atoms with E-state index in [4.69, 9.17) is 16.6 Å². The third-order valence-corrected chi connectivity index (χ3v) is 4.30. The monoisotopic (exact) mass is 285 g/mol. The van der Waals surface area contributed by atoms with Gasteiger partial charge in [0.15, 0.2) is 0 Å². The van der Waals surface area contributed by atoms with Gasteiger partial charge in [-0.2, -0.15) is 0 Å². The van der Waals surface area contributed by atoms with Crippen molar-refractivity contribution in [3.8, 4) is 0 Å². The fraction of sp³-hybridized carbons (Fsp3) is 0.500. The number of nitrogens with zero attached hydrogens (tertiary/aromatic N) is 1. The van der Waals surface area contributed by atoms with Crippen LogP contribution in [0.5, 0.6) is 0 Å². The summed E-state index contributed by atoms with van der Waals surface area (Å²) in [5.74, 6) is 1.17. The second-order valence-corrected chi connectivity index (χ2v) is 5.62. The molecular weight excluding hydrogens is 270 g/mol. The number of hydrogen-bond donors (Lipinski definition) is 0. The number of carbonyl (C=O) groups excluding carboxylic acids is 1. The van der Waals surface area contributed by atoms with E-state index in [1.807, 2.05) is 0 Å². The van der Waals surface area contributed by atoms with Crippen molar-refractivity contribution in [2.75, 3.05) is 20.2 Å². The minimum absolute atomic E-state index is 0.236. The lowest BCUT2D eigenvalue weighted by molar-refractivity contribution is 0.0563. The van der Waals surface area contributed by atoms with Crippen LogP contribution in [0.1, 0.15) is 29.2 Å². The van der Waals surface area contributed by atoms with Crippen LogP contribution >= 0.6 is 24.0 Å². The second kappa shape index (κ2) is 6.24. The first-order chi connectivity index (χ1) is 8.70. The molecule has 1 fully saturated rings. The SMILES string of the molecule is COC(=O)c1ccc(CSC(=S)N2CCCC2)o1. The molecule has 0 spiro atoms. The molecule has 0 N–H and O–H groups in total. The summed E-state index contributed by atoms with van der Waals surface area (Å²) >= 11 is 6.92. The maximum absolute atomic E-state index is 11.2. The molecule has 98 valence electrons. The number of thiocarbonyl (C=S) groups is 1. The summed E-state index contributed by atoms with van der Waals surface area (Å²) in [4.78, 5) is 13.4. The van der Waals surface area contributed by atoms with Gasteiger partial charge in [0, 0.05) is 13.1 Å². The molecule has 0 bridgehead atoms. The summed E-state index contributed by atoms with van der Waals surface area (Å²) < 4.78 is 10.9. The molecule has 0 aromatic carbocycles. The van der Waals surface area contributed by atoms with E-state index in [0.29, 0.717) is 5.75 Å². The van der Waals surface area contributed by atoms with Gasteiger partial charge in [-0.1, -0.05) is 24.0 Å². The standard InChI is InChI=1S/C12H15NO3S2/c1-15-11(14)10-5-4-9(16-10)8-18-12(17)13-6-2-3-7-13/h4-5H,2-3,6-8H2,1H3. The van der Waals surface area contributed by atoms with Crippen LogP contribution in [-0.2, 0) is 10.5 Å². The lowest BCUT2D eigenvalue weighted by Gasteiger charge is -2.16. The molecular formula is C12H15NO3S2. The summed E-state index contributed by atoms with van der Waals surface area (Å²) in [5.41, 5.74) is 0. The molecule has 0 amide bonds. The number of rotatable bonds is 3. The Morgan fingerprint density at radius 2 is 2.22 bits per heavy atom. The van der Waals surface area contributed by atoms with Crippen LogP contribution in [0.15, 0.2) is 16.5 Å². The predicted molar refractivity (Wildman–Crippen MR) is 74.7 cm³/mol. The number of ether oxygens (including phenoxy) is 1. The van der Waals surface area contributed by atoms with Gasteiger partial charge in [0.05, 0.1) is 12.9 Å². The Morgan fingerprint density at radius 1 is 1.50 bits per heavy atom. The lowest BCUT2D eigenvalue weighted by Crippen LogP contribution is -2.23. The van der Waals surface area contributed by atoms with Crippen LogP contribution in [0.4, 0.5) is 0 Å². The van der Waals surface area contributed by atoms with Crippen molar-refractivity contribution < 1.29 is 13.9 Å². The fourth-order valence-electron chi connectivity index (χ4n) is 1.79. The molecule has 1 aromatic heterocycles. The van der Waals surface area contributed by atoms with Crippen LogP contribution in [0.3, 0.4) is 0 Å². The van der Waals surface area contributed by atoms with Gasteiger partial charge in [-0.25, -0.2) is 4.79 Å². The van der Waals surface area contributed by atoms with Crippen LogP contribution in [0.25, 0.3) is 0 Å². The summed E-state index contributed by atoms with van der Waals surface area (Å²) in [5, 5.41) is 0. The predicted octanol–water partition coefficient (Wildman–Crippen LogP) is 2.68. The molecule has 18 heavy (non-hydrogen) atoms. The van der Waals surface area contributed by atoms with Crippen LogP contribution in [-0.4, -0.2) is 35.4 Å². The second-order valence-electron chi connectivity index (χ2n) is 4.01. The quantitative estimate of drug-likeness (QED) is 0.628. The van der Waals surface area contributed by atoms with E-state index in [-0.39, 0.29) is 5.76 Å². The first kappa shape index (κ1) is 13.4. The summed E-state index contributed by atoms with van der Waals surface area (Å²) in [7, 11) is 1.34. The van der Waals surface area contributed by atoms with E-state index >= 15 is 0 Å². The Kier molecular flexibility index (Phi) is 4.66. The fourth-order valence-corrected chi connectivity index (χ4v) is 2.94. The van der Waals surface area contributed by atoms with E-state index in [0.717, 1.165) is 23.2 Å². The number of hydrogen-bond acceptors (Lipinski definition) is 5. The lowest BCUT2D eigenvalue weighted by atomic mass is 10.4. The number of carbonyl (C=O) groups is 1. The highest BCUT2D eigenvalue weighted by Crippen LogP contribution is 2.21. The molecule has 0 atom stereocenters. The molecule has 2 rings (SSSR count). The van der Waals surface area contributed by atoms with Gasteiger partial charge in [0.2, 0.25) is 5.76 Å².